The van der Waals surface area contributed by atoms with Crippen LogP contribution in [0.2, 0.25) is 0 Å². The highest BCUT2D eigenvalue weighted by Crippen LogP contribution is 2.33. The third kappa shape index (κ3) is 22.9. The second kappa shape index (κ2) is 37.9. The van der Waals surface area contributed by atoms with E-state index in [2.05, 4.69) is 24.4 Å². The van der Waals surface area contributed by atoms with Crippen LogP contribution in [0.4, 0.5) is 0 Å². The SMILES string of the molecule is CCCC/C=C/C(O)C(COC1OC(CO)C(OC2OC(CO)C(OC3OC(CO)C(O)C(O)C3O)C(O)C2O)C(O)C1O)NC(=O)CCCCCCCCCCCCC/C=C\CCCCCCCCCC. The van der Waals surface area contributed by atoms with Crippen LogP contribution < -0.4 is 5.32 Å². The third-order valence-corrected chi connectivity index (χ3v) is 14.0. The molecule has 0 aromatic rings. The minimum absolute atomic E-state index is 0.242. The largest absolute Gasteiger partial charge is 0.394 e. The van der Waals surface area contributed by atoms with Gasteiger partial charge < -0.3 is 89.9 Å². The molecule has 0 saturated carbocycles. The van der Waals surface area contributed by atoms with Crippen molar-refractivity contribution < 1.29 is 89.4 Å². The van der Waals surface area contributed by atoms with E-state index in [4.69, 9.17) is 28.4 Å². The Morgan fingerprint density at radius 1 is 0.486 bits per heavy atom. The van der Waals surface area contributed by atoms with E-state index in [0.29, 0.717) is 12.8 Å². The minimum atomic E-state index is -1.97. The molecule has 3 rings (SSSR count). The molecule has 72 heavy (non-hydrogen) atoms. The van der Waals surface area contributed by atoms with Gasteiger partial charge in [0, 0.05) is 6.42 Å². The van der Waals surface area contributed by atoms with Gasteiger partial charge in [-0.2, -0.15) is 0 Å². The number of unbranched alkanes of at least 4 members (excludes halogenated alkanes) is 21. The Morgan fingerprint density at radius 2 is 0.889 bits per heavy atom. The lowest BCUT2D eigenvalue weighted by molar-refractivity contribution is -0.379. The fourth-order valence-electron chi connectivity index (χ4n) is 9.35. The Balaban J connectivity index is 1.39. The van der Waals surface area contributed by atoms with Gasteiger partial charge in [-0.15, -0.1) is 0 Å². The fraction of sp³-hybridized carbons (Fsp3) is 0.906. The molecule has 3 fully saturated rings. The molecule has 19 heteroatoms. The number of nitrogens with one attached hydrogen (secondary N) is 1. The number of carbonyl (C=O) groups is 1. The first-order chi connectivity index (χ1) is 34.8. The Labute approximate surface area is 428 Å². The van der Waals surface area contributed by atoms with Crippen molar-refractivity contribution in [2.75, 3.05) is 26.4 Å². The Bertz CT molecular complexity index is 1430. The van der Waals surface area contributed by atoms with E-state index in [1.54, 1.807) is 6.08 Å². The highest BCUT2D eigenvalue weighted by Gasteiger charge is 2.53. The molecule has 0 aliphatic carbocycles. The van der Waals surface area contributed by atoms with Crippen LogP contribution in [-0.2, 0) is 33.2 Å². The van der Waals surface area contributed by atoms with E-state index in [9.17, 15) is 61.0 Å². The van der Waals surface area contributed by atoms with E-state index in [1.807, 2.05) is 13.0 Å². The molecule has 0 aromatic heterocycles. The lowest BCUT2D eigenvalue weighted by atomic mass is 9.96. The number of ether oxygens (including phenoxy) is 6. The van der Waals surface area contributed by atoms with Crippen molar-refractivity contribution in [3.8, 4) is 0 Å². The van der Waals surface area contributed by atoms with Crippen LogP contribution in [0.3, 0.4) is 0 Å². The van der Waals surface area contributed by atoms with Crippen molar-refractivity contribution in [3.63, 3.8) is 0 Å². The summed E-state index contributed by atoms with van der Waals surface area (Å²) >= 11 is 0. The number of carbonyl (C=O) groups excluding carboxylic acids is 1. The second-order valence-corrected chi connectivity index (χ2v) is 20.0. The smallest absolute Gasteiger partial charge is 0.220 e. The molecule has 422 valence electrons. The van der Waals surface area contributed by atoms with Gasteiger partial charge in [-0.1, -0.05) is 154 Å². The maximum absolute atomic E-state index is 13.1. The Morgan fingerprint density at radius 3 is 1.38 bits per heavy atom. The topological polar surface area (TPSA) is 307 Å². The lowest BCUT2D eigenvalue weighted by Crippen LogP contribution is -2.66. The van der Waals surface area contributed by atoms with Crippen LogP contribution in [0.15, 0.2) is 24.3 Å². The van der Waals surface area contributed by atoms with Gasteiger partial charge in [0.15, 0.2) is 18.9 Å². The normalized spacial score (nSPS) is 32.2. The van der Waals surface area contributed by atoms with Crippen LogP contribution in [0.5, 0.6) is 0 Å². The summed E-state index contributed by atoms with van der Waals surface area (Å²) in [5, 5.41) is 119. The van der Waals surface area contributed by atoms with Crippen molar-refractivity contribution >= 4 is 5.91 Å². The summed E-state index contributed by atoms with van der Waals surface area (Å²) in [4.78, 5) is 13.1. The first kappa shape index (κ1) is 64.6. The first-order valence-corrected chi connectivity index (χ1v) is 27.6. The van der Waals surface area contributed by atoms with Gasteiger partial charge in [-0.05, 0) is 38.5 Å². The monoisotopic (exact) mass is 1040 g/mol. The summed E-state index contributed by atoms with van der Waals surface area (Å²) in [6.45, 7) is 1.53. The molecular weight excluding hydrogens is 939 g/mol. The standard InChI is InChI=1S/C53H97NO18/c1-3-5-7-9-10-11-12-13-14-15-16-17-18-19-20-21-22-23-24-25-26-27-29-31-41(59)54-36(37(58)30-28-8-6-4-2)35-67-51-47(65)44(62)49(39(33-56)69-51)72-53-48(66)45(63)50(40(34-57)70-53)71-52-46(64)43(61)42(60)38(32-55)68-52/h15-16,28,30,36-40,42-53,55-58,60-66H,3-14,17-27,29,31-35H2,1-2H3,(H,54,59)/b16-15-,30-28+. The number of allylic oxidation sites excluding steroid dienone is 3. The van der Waals surface area contributed by atoms with Crippen LogP contribution in [0.1, 0.15) is 174 Å². The van der Waals surface area contributed by atoms with Crippen molar-refractivity contribution in [2.45, 2.75) is 279 Å². The summed E-state index contributed by atoms with van der Waals surface area (Å²) in [6, 6.07) is -0.966. The van der Waals surface area contributed by atoms with Gasteiger partial charge in [-0.25, -0.2) is 0 Å². The number of rotatable bonds is 39. The molecule has 17 atom stereocenters. The van der Waals surface area contributed by atoms with Crippen LogP contribution >= 0.6 is 0 Å². The summed E-state index contributed by atoms with van der Waals surface area (Å²) in [6.07, 6.45) is 9.92. The maximum Gasteiger partial charge on any atom is 0.220 e. The molecular formula is C53H97NO18. The zero-order chi connectivity index (χ0) is 52.7. The summed E-state index contributed by atoms with van der Waals surface area (Å²) < 4.78 is 34.0. The molecule has 19 nitrogen and oxygen atoms in total. The number of aliphatic hydroxyl groups excluding tert-OH is 11. The van der Waals surface area contributed by atoms with Crippen molar-refractivity contribution in [1.82, 2.24) is 5.32 Å². The molecule has 1 amide bonds. The number of aliphatic hydroxyl groups is 11. The molecule has 0 bridgehead atoms. The second-order valence-electron chi connectivity index (χ2n) is 20.0. The van der Waals surface area contributed by atoms with Crippen molar-refractivity contribution in [3.05, 3.63) is 24.3 Å². The van der Waals surface area contributed by atoms with Gasteiger partial charge in [0.05, 0.1) is 38.6 Å². The van der Waals surface area contributed by atoms with E-state index >= 15 is 0 Å². The first-order valence-electron chi connectivity index (χ1n) is 27.6. The van der Waals surface area contributed by atoms with Gasteiger partial charge in [0.1, 0.15) is 73.2 Å². The van der Waals surface area contributed by atoms with E-state index < -0.39 is 124 Å². The molecule has 3 heterocycles. The molecule has 0 aromatic carbocycles. The third-order valence-electron chi connectivity index (χ3n) is 14.0. The quantitative estimate of drug-likeness (QED) is 0.0311. The Kier molecular flexibility index (Phi) is 34.0. The van der Waals surface area contributed by atoms with E-state index in [0.717, 1.165) is 32.1 Å². The molecule has 0 spiro atoms. The maximum atomic E-state index is 13.1. The summed E-state index contributed by atoms with van der Waals surface area (Å²) in [5.41, 5.74) is 0. The van der Waals surface area contributed by atoms with Gasteiger partial charge >= 0.3 is 0 Å². The van der Waals surface area contributed by atoms with Crippen molar-refractivity contribution in [1.29, 1.82) is 0 Å². The average Bonchev–Trinajstić information content (AvgIpc) is 3.38. The number of hydrogen-bond acceptors (Lipinski definition) is 18. The highest BCUT2D eigenvalue weighted by atomic mass is 16.8. The molecule has 3 aliphatic rings. The molecule has 12 N–H and O–H groups in total. The minimum Gasteiger partial charge on any atom is -0.394 e. The molecule has 3 saturated heterocycles. The number of hydrogen-bond donors (Lipinski definition) is 12. The zero-order valence-electron chi connectivity index (χ0n) is 43.4. The predicted molar refractivity (Wildman–Crippen MR) is 268 cm³/mol. The number of amides is 1. The van der Waals surface area contributed by atoms with Crippen LogP contribution in [0.25, 0.3) is 0 Å². The fourth-order valence-corrected chi connectivity index (χ4v) is 9.35. The van der Waals surface area contributed by atoms with Crippen LogP contribution in [0, 0.1) is 0 Å². The average molecular weight is 1040 g/mol. The van der Waals surface area contributed by atoms with E-state index in [-0.39, 0.29) is 18.9 Å². The molecule has 17 unspecified atom stereocenters. The van der Waals surface area contributed by atoms with Gasteiger partial charge in [0.25, 0.3) is 0 Å². The summed E-state index contributed by atoms with van der Waals surface area (Å²) in [7, 11) is 0. The zero-order valence-corrected chi connectivity index (χ0v) is 43.4. The molecule has 3 aliphatic heterocycles. The van der Waals surface area contributed by atoms with Crippen molar-refractivity contribution in [2.24, 2.45) is 0 Å². The Hall–Kier alpha value is -1.73. The van der Waals surface area contributed by atoms with Crippen LogP contribution in [-0.4, -0.2) is 193 Å². The van der Waals surface area contributed by atoms with Gasteiger partial charge in [0.2, 0.25) is 5.91 Å². The highest BCUT2D eigenvalue weighted by molar-refractivity contribution is 5.76. The van der Waals surface area contributed by atoms with Gasteiger partial charge in [-0.3, -0.25) is 4.79 Å². The predicted octanol–water partition coefficient (Wildman–Crippen LogP) is 3.20. The molecule has 0 radical (unpaired) electrons. The summed E-state index contributed by atoms with van der Waals surface area (Å²) in [5.74, 6) is -0.286. The van der Waals surface area contributed by atoms with E-state index in [1.165, 1.54) is 109 Å². The lowest BCUT2D eigenvalue weighted by Gasteiger charge is -2.48.